The molecule has 0 aliphatic carbocycles. The van der Waals surface area contributed by atoms with Gasteiger partial charge in [0.05, 0.1) is 12.2 Å². The second-order valence-corrected chi connectivity index (χ2v) is 5.79. The Bertz CT molecular complexity index is 760. The average molecular weight is 373 g/mol. The van der Waals surface area contributed by atoms with Crippen LogP contribution in [0.5, 0.6) is 0 Å². The van der Waals surface area contributed by atoms with Gasteiger partial charge < -0.3 is 20.7 Å². The van der Waals surface area contributed by atoms with Crippen LogP contribution in [-0.2, 0) is 14.3 Å². The average Bonchev–Trinajstić information content (AvgIpc) is 2.46. The van der Waals surface area contributed by atoms with Crippen LogP contribution >= 0.6 is 23.2 Å². The summed E-state index contributed by atoms with van der Waals surface area (Å²) in [7, 11) is 0. The summed E-state index contributed by atoms with van der Waals surface area (Å²) in [5, 5.41) is 19.6. The first kappa shape index (κ1) is 18.1. The number of nitrogens with two attached hydrogens (primary N) is 1. The maximum Gasteiger partial charge on any atom is 0.335 e. The zero-order valence-corrected chi connectivity index (χ0v) is 14.0. The second kappa shape index (κ2) is 7.11. The molecule has 7 nitrogen and oxygen atoms in total. The number of halogens is 2. The second-order valence-electron chi connectivity index (χ2n) is 4.95. The summed E-state index contributed by atoms with van der Waals surface area (Å²) in [5.41, 5.74) is 5.65. The van der Waals surface area contributed by atoms with Crippen LogP contribution in [0, 0.1) is 5.92 Å². The topological polar surface area (TPSA) is 122 Å². The van der Waals surface area contributed by atoms with E-state index in [1.807, 2.05) is 0 Å². The molecule has 128 valence electrons. The van der Waals surface area contributed by atoms with E-state index in [0.29, 0.717) is 5.02 Å². The Morgan fingerprint density at radius 1 is 1.33 bits per heavy atom. The number of aliphatic imine (C=N–C) groups is 1. The molecule has 0 fully saturated rings. The molecule has 2 rings (SSSR count). The van der Waals surface area contributed by atoms with Gasteiger partial charge in [-0.1, -0.05) is 29.3 Å². The van der Waals surface area contributed by atoms with Crippen LogP contribution in [-0.4, -0.2) is 34.7 Å². The molecule has 0 bridgehead atoms. The number of ether oxygens (including phenoxy) is 1. The summed E-state index contributed by atoms with van der Waals surface area (Å²) in [6.45, 7) is 1.80. The molecule has 2 atom stereocenters. The molecule has 1 aromatic rings. The number of hydrogen-bond donors (Lipinski definition) is 3. The highest BCUT2D eigenvalue weighted by atomic mass is 35.5. The lowest BCUT2D eigenvalue weighted by molar-refractivity contribution is -0.140. The van der Waals surface area contributed by atoms with Crippen molar-refractivity contribution in [2.45, 2.75) is 12.8 Å². The molecule has 24 heavy (non-hydrogen) atoms. The lowest BCUT2D eigenvalue weighted by Crippen LogP contribution is -2.38. The van der Waals surface area contributed by atoms with Gasteiger partial charge in [-0.25, -0.2) is 4.79 Å². The van der Waals surface area contributed by atoms with Crippen LogP contribution in [0.1, 0.15) is 18.4 Å². The Morgan fingerprint density at radius 2 is 2.00 bits per heavy atom. The van der Waals surface area contributed by atoms with Crippen molar-refractivity contribution >= 4 is 41.0 Å². The molecule has 0 aromatic heterocycles. The summed E-state index contributed by atoms with van der Waals surface area (Å²) in [6.07, 6.45) is 0. The predicted molar refractivity (Wildman–Crippen MR) is 88.2 cm³/mol. The van der Waals surface area contributed by atoms with Gasteiger partial charge >= 0.3 is 11.9 Å². The van der Waals surface area contributed by atoms with Gasteiger partial charge in [0.2, 0.25) is 5.90 Å². The molecule has 1 heterocycles. The molecular formula is C15H14Cl2N2O5. The Labute approximate surface area is 147 Å². The third-order valence-electron chi connectivity index (χ3n) is 3.50. The number of rotatable bonds is 4. The van der Waals surface area contributed by atoms with Crippen molar-refractivity contribution in [2.75, 3.05) is 6.61 Å². The molecule has 2 unspecified atom stereocenters. The van der Waals surface area contributed by atoms with Crippen molar-refractivity contribution in [1.29, 1.82) is 0 Å². The van der Waals surface area contributed by atoms with E-state index in [-0.39, 0.29) is 34.5 Å². The van der Waals surface area contributed by atoms with E-state index in [1.165, 1.54) is 18.2 Å². The zero-order valence-electron chi connectivity index (χ0n) is 12.5. The number of benzene rings is 1. The Kier molecular flexibility index (Phi) is 5.36. The van der Waals surface area contributed by atoms with Gasteiger partial charge in [0, 0.05) is 16.0 Å². The van der Waals surface area contributed by atoms with E-state index in [1.54, 1.807) is 6.92 Å². The number of nitrogens with zero attached hydrogens (tertiary/aromatic N) is 1. The van der Waals surface area contributed by atoms with Crippen LogP contribution in [0.15, 0.2) is 34.6 Å². The molecular weight excluding hydrogens is 359 g/mol. The normalized spacial score (nSPS) is 20.5. The van der Waals surface area contributed by atoms with Crippen LogP contribution in [0.2, 0.25) is 10.0 Å². The van der Waals surface area contributed by atoms with Crippen LogP contribution in [0.4, 0.5) is 0 Å². The molecule has 1 aliphatic heterocycles. The van der Waals surface area contributed by atoms with Crippen molar-refractivity contribution in [1.82, 2.24) is 0 Å². The molecule has 4 N–H and O–H groups in total. The van der Waals surface area contributed by atoms with Gasteiger partial charge in [0.15, 0.2) is 0 Å². The van der Waals surface area contributed by atoms with Crippen LogP contribution < -0.4 is 5.73 Å². The number of aliphatic carboxylic acids is 2. The highest BCUT2D eigenvalue weighted by Gasteiger charge is 2.45. The van der Waals surface area contributed by atoms with Crippen LogP contribution in [0.25, 0.3) is 0 Å². The molecule has 0 saturated heterocycles. The fourth-order valence-corrected chi connectivity index (χ4v) is 3.09. The monoisotopic (exact) mass is 372 g/mol. The van der Waals surface area contributed by atoms with Gasteiger partial charge in [0.1, 0.15) is 11.7 Å². The van der Waals surface area contributed by atoms with Crippen molar-refractivity contribution in [3.63, 3.8) is 0 Å². The SMILES string of the molecule is CCOC1=NC(N)=C(C(=O)O)C(c2ccc(Cl)cc2Cl)C1C(=O)O. The minimum absolute atomic E-state index is 0.128. The molecule has 0 amide bonds. The predicted octanol–water partition coefficient (Wildman–Crippen LogP) is 2.48. The maximum absolute atomic E-state index is 11.8. The summed E-state index contributed by atoms with van der Waals surface area (Å²) in [4.78, 5) is 27.3. The van der Waals surface area contributed by atoms with E-state index < -0.39 is 23.8 Å². The highest BCUT2D eigenvalue weighted by Crippen LogP contribution is 2.41. The smallest absolute Gasteiger partial charge is 0.335 e. The number of carboxylic acids is 2. The standard InChI is InChI=1S/C15H14Cl2N2O5/c1-2-24-13-11(15(22)23)9(10(14(20)21)12(18)19-13)7-4-3-6(16)5-8(7)17/h3-5,9,11H,2,18H2,1H3,(H,20,21)(H,22,23). The maximum atomic E-state index is 11.8. The van der Waals surface area contributed by atoms with Gasteiger partial charge in [-0.05, 0) is 24.6 Å². The van der Waals surface area contributed by atoms with Crippen molar-refractivity contribution < 1.29 is 24.5 Å². The quantitative estimate of drug-likeness (QED) is 0.745. The molecule has 1 aromatic carbocycles. The minimum atomic E-state index is -1.38. The summed E-state index contributed by atoms with van der Waals surface area (Å²) in [5.74, 6) is -5.70. The summed E-state index contributed by atoms with van der Waals surface area (Å²) < 4.78 is 5.26. The molecule has 0 spiro atoms. The largest absolute Gasteiger partial charge is 0.481 e. The van der Waals surface area contributed by atoms with E-state index in [4.69, 9.17) is 33.7 Å². The highest BCUT2D eigenvalue weighted by molar-refractivity contribution is 6.35. The number of carboxylic acid groups (broad SMARTS) is 2. The third-order valence-corrected chi connectivity index (χ3v) is 4.07. The fraction of sp³-hybridized carbons (Fsp3) is 0.267. The Balaban J connectivity index is 2.72. The Morgan fingerprint density at radius 3 is 2.50 bits per heavy atom. The van der Waals surface area contributed by atoms with Gasteiger partial charge in [-0.15, -0.1) is 0 Å². The summed E-state index contributed by atoms with van der Waals surface area (Å²) in [6, 6.07) is 4.36. The summed E-state index contributed by atoms with van der Waals surface area (Å²) >= 11 is 12.0. The first-order chi connectivity index (χ1) is 11.3. The molecule has 1 aliphatic rings. The van der Waals surface area contributed by atoms with Crippen molar-refractivity contribution in [3.8, 4) is 0 Å². The lowest BCUT2D eigenvalue weighted by Gasteiger charge is -2.30. The van der Waals surface area contributed by atoms with E-state index in [0.717, 1.165) is 0 Å². The van der Waals surface area contributed by atoms with E-state index in [2.05, 4.69) is 4.99 Å². The van der Waals surface area contributed by atoms with Gasteiger partial charge in [-0.2, -0.15) is 4.99 Å². The van der Waals surface area contributed by atoms with E-state index >= 15 is 0 Å². The first-order valence-electron chi connectivity index (χ1n) is 6.90. The van der Waals surface area contributed by atoms with E-state index in [9.17, 15) is 19.8 Å². The number of hydrogen-bond acceptors (Lipinski definition) is 5. The zero-order chi connectivity index (χ0) is 18.0. The van der Waals surface area contributed by atoms with Crippen molar-refractivity contribution in [3.05, 3.63) is 45.2 Å². The molecule has 9 heteroatoms. The van der Waals surface area contributed by atoms with Gasteiger partial charge in [0.25, 0.3) is 0 Å². The lowest BCUT2D eigenvalue weighted by atomic mass is 9.78. The third kappa shape index (κ3) is 3.32. The van der Waals surface area contributed by atoms with Crippen molar-refractivity contribution in [2.24, 2.45) is 16.6 Å². The minimum Gasteiger partial charge on any atom is -0.481 e. The number of carbonyl (C=O) groups is 2. The molecule has 0 saturated carbocycles. The Hall–Kier alpha value is -2.25. The van der Waals surface area contributed by atoms with Crippen LogP contribution in [0.3, 0.4) is 0 Å². The molecule has 0 radical (unpaired) electrons. The van der Waals surface area contributed by atoms with Gasteiger partial charge in [-0.3, -0.25) is 4.79 Å². The fourth-order valence-electron chi connectivity index (χ4n) is 2.57. The first-order valence-corrected chi connectivity index (χ1v) is 7.65.